The number of nitrogens with one attached hydrogen (secondary N) is 1. The van der Waals surface area contributed by atoms with Gasteiger partial charge < -0.3 is 25.3 Å². The highest BCUT2D eigenvalue weighted by Crippen LogP contribution is 2.60. The van der Waals surface area contributed by atoms with Crippen LogP contribution in [0.1, 0.15) is 175 Å². The maximum Gasteiger partial charge on any atom is 0.348 e. The van der Waals surface area contributed by atoms with Crippen molar-refractivity contribution in [2.24, 2.45) is 86.6 Å². The van der Waals surface area contributed by atoms with E-state index in [0.29, 0.717) is 62.9 Å². The van der Waals surface area contributed by atoms with Gasteiger partial charge in [-0.15, -0.1) is 0 Å². The summed E-state index contributed by atoms with van der Waals surface area (Å²) < 4.78 is 14.8. The highest BCUT2D eigenvalue weighted by Gasteiger charge is 2.53. The van der Waals surface area contributed by atoms with Crippen LogP contribution in [-0.4, -0.2) is 56.7 Å². The molecule has 0 bridgehead atoms. The Morgan fingerprint density at radius 1 is 0.594 bits per heavy atom. The normalized spacial score (nSPS) is 39.7. The van der Waals surface area contributed by atoms with Crippen LogP contribution in [0.2, 0.25) is 0 Å². The van der Waals surface area contributed by atoms with Crippen LogP contribution >= 0.6 is 0 Å². The van der Waals surface area contributed by atoms with Crippen molar-refractivity contribution in [3.05, 3.63) is 11.1 Å². The Morgan fingerprint density at radius 3 is 1.38 bits per heavy atom. The van der Waals surface area contributed by atoms with Crippen LogP contribution in [0.15, 0.2) is 11.1 Å². The molecule has 0 aromatic heterocycles. The van der Waals surface area contributed by atoms with Crippen LogP contribution in [0.3, 0.4) is 0 Å². The fourth-order valence-electron chi connectivity index (χ4n) is 15.0. The van der Waals surface area contributed by atoms with Crippen LogP contribution in [0.25, 0.3) is 0 Å². The molecule has 11 rings (SSSR count). The molecule has 0 aromatic rings. The molecule has 11 fully saturated rings. The number of nitrogens with zero attached hydrogens (tertiary/aromatic N) is 4. The molecule has 0 radical (unpaired) electrons. The molecule has 0 aromatic carbocycles. The number of esters is 3. The third-order valence-electron chi connectivity index (χ3n) is 19.4. The summed E-state index contributed by atoms with van der Waals surface area (Å²) in [6.45, 7) is 8.25. The zero-order valence-corrected chi connectivity index (χ0v) is 42.0. The van der Waals surface area contributed by atoms with E-state index < -0.39 is 11.4 Å². The molecule has 3 N–H and O–H groups in total. The van der Waals surface area contributed by atoms with E-state index >= 15 is 0 Å². The van der Waals surface area contributed by atoms with Crippen molar-refractivity contribution in [2.75, 3.05) is 32.9 Å². The summed E-state index contributed by atoms with van der Waals surface area (Å²) in [6, 6.07) is 8.87. The molecule has 11 aliphatic rings. The standard InChI is InChI=1S/C12H21NO2.C12H17NO2.C12H15NO2.C10H12N2.C10H15NO/c2*1-2-15-11(14)7-12(8-13)5-9-3-4-10(9)6-12;1-2-15-12(14)11(7-13)10-5-8-3-4-9(8)6-10;11-4-3-10(7-12)5-8-1-2-9(8)6-10;12-9-5-10(6-11-9)3-7-1-2-8(7)4-10/h9-10H,2-8,13H2,1H3;9-10H,2-7H2,1H3;8-9H,2-6H2,1H3;8-9H,1-3,5-6H2;7-8H,1-6H2,(H,11,12)/t2*9-,10+,12?;8-,9+;8-,9+,10?;7-,8+,10?. The Kier molecular flexibility index (Phi) is 17.3. The van der Waals surface area contributed by atoms with Gasteiger partial charge in [-0.1, -0.05) is 0 Å². The number of nitriles is 4. The first-order valence-corrected chi connectivity index (χ1v) is 27.0. The van der Waals surface area contributed by atoms with Crippen molar-refractivity contribution >= 4 is 23.8 Å². The summed E-state index contributed by atoms with van der Waals surface area (Å²) >= 11 is 0. The van der Waals surface area contributed by atoms with Crippen molar-refractivity contribution in [3.63, 3.8) is 0 Å². The summed E-state index contributed by atoms with van der Waals surface area (Å²) in [5.41, 5.74) is 6.96. The van der Waals surface area contributed by atoms with Gasteiger partial charge >= 0.3 is 17.9 Å². The Morgan fingerprint density at radius 2 is 1.01 bits per heavy atom. The minimum atomic E-state index is -0.434. The number of hydrogen-bond acceptors (Lipinski definition) is 12. The predicted molar refractivity (Wildman–Crippen MR) is 257 cm³/mol. The third-order valence-corrected chi connectivity index (χ3v) is 19.4. The van der Waals surface area contributed by atoms with Crippen LogP contribution in [0.4, 0.5) is 0 Å². The number of carbonyl (C=O) groups excluding carboxylic acids is 4. The average molecular weight is 949 g/mol. The van der Waals surface area contributed by atoms with Gasteiger partial charge in [0.25, 0.3) is 0 Å². The molecule has 14 atom stereocenters. The second kappa shape index (κ2) is 22.7. The maximum absolute atomic E-state index is 11.5. The molecule has 1 aliphatic heterocycles. The van der Waals surface area contributed by atoms with Crippen LogP contribution < -0.4 is 11.1 Å². The number of nitrogens with two attached hydrogens (primary N) is 1. The molecule has 10 saturated carbocycles. The molecular formula is C56H80N6O7. The molecule has 10 aliphatic carbocycles. The van der Waals surface area contributed by atoms with Crippen molar-refractivity contribution in [2.45, 2.75) is 175 Å². The number of fused-ring (bicyclic) bond motifs is 5. The van der Waals surface area contributed by atoms with Gasteiger partial charge in [-0.05, 0) is 231 Å². The number of ether oxygens (including phenoxy) is 3. The first kappa shape index (κ1) is 52.4. The molecule has 69 heavy (non-hydrogen) atoms. The molecule has 1 saturated heterocycles. The van der Waals surface area contributed by atoms with Gasteiger partial charge in [0.1, 0.15) is 11.6 Å². The van der Waals surface area contributed by atoms with Gasteiger partial charge in [0.2, 0.25) is 5.91 Å². The fraction of sp³-hybridized carbons (Fsp3) is 0.821. The summed E-state index contributed by atoms with van der Waals surface area (Å²) in [6.07, 6.45) is 25.9. The zero-order valence-electron chi connectivity index (χ0n) is 42.0. The minimum absolute atomic E-state index is 0.0655. The van der Waals surface area contributed by atoms with Crippen LogP contribution in [0, 0.1) is 126 Å². The number of rotatable bonds is 10. The van der Waals surface area contributed by atoms with E-state index in [9.17, 15) is 24.4 Å². The van der Waals surface area contributed by atoms with Gasteiger partial charge in [0, 0.05) is 13.0 Å². The Hall–Kier alpha value is -4.46. The van der Waals surface area contributed by atoms with E-state index in [2.05, 4.69) is 23.5 Å². The Labute approximate surface area is 412 Å². The topological polar surface area (TPSA) is 229 Å². The lowest BCUT2D eigenvalue weighted by atomic mass is 9.77. The van der Waals surface area contributed by atoms with E-state index in [1.54, 1.807) is 13.8 Å². The summed E-state index contributed by atoms with van der Waals surface area (Å²) in [4.78, 5) is 45.6. The van der Waals surface area contributed by atoms with E-state index in [1.807, 2.05) is 13.0 Å². The van der Waals surface area contributed by atoms with Crippen LogP contribution in [-0.2, 0) is 33.4 Å². The van der Waals surface area contributed by atoms with E-state index in [0.717, 1.165) is 117 Å². The molecule has 1 heterocycles. The molecule has 376 valence electrons. The molecule has 1 spiro atoms. The van der Waals surface area contributed by atoms with Gasteiger partial charge in [-0.3, -0.25) is 14.4 Å². The fourth-order valence-corrected chi connectivity index (χ4v) is 15.0. The lowest BCUT2D eigenvalue weighted by Gasteiger charge is -2.29. The molecule has 13 nitrogen and oxygen atoms in total. The lowest BCUT2D eigenvalue weighted by molar-refractivity contribution is -0.146. The Balaban J connectivity index is 0.000000128. The summed E-state index contributed by atoms with van der Waals surface area (Å²) in [5.74, 6) is 7.68. The van der Waals surface area contributed by atoms with Gasteiger partial charge in [-0.2, -0.15) is 21.0 Å². The third kappa shape index (κ3) is 12.0. The second-order valence-corrected chi connectivity index (χ2v) is 23.6. The average Bonchev–Trinajstić information content (AvgIpc) is 4.09. The largest absolute Gasteiger partial charge is 0.466 e. The zero-order chi connectivity index (χ0) is 49.4. The predicted octanol–water partition coefficient (Wildman–Crippen LogP) is 9.71. The van der Waals surface area contributed by atoms with Crippen molar-refractivity contribution in [1.29, 1.82) is 21.0 Å². The quantitative estimate of drug-likeness (QED) is 0.0902. The Bertz CT molecular complexity index is 2030. The van der Waals surface area contributed by atoms with Crippen molar-refractivity contribution < 1.29 is 33.4 Å². The van der Waals surface area contributed by atoms with E-state index in [1.165, 1.54) is 77.0 Å². The van der Waals surface area contributed by atoms with Crippen molar-refractivity contribution in [3.8, 4) is 24.3 Å². The second-order valence-electron chi connectivity index (χ2n) is 23.6. The molecule has 13 heteroatoms. The smallest absolute Gasteiger partial charge is 0.348 e. The van der Waals surface area contributed by atoms with Gasteiger partial charge in [0.05, 0.1) is 68.1 Å². The highest BCUT2D eigenvalue weighted by atomic mass is 16.5. The summed E-state index contributed by atoms with van der Waals surface area (Å²) in [7, 11) is 0. The van der Waals surface area contributed by atoms with E-state index in [4.69, 9.17) is 35.7 Å². The molecule has 1 amide bonds. The number of allylic oxidation sites excluding steroid dienone is 1. The molecular weight excluding hydrogens is 869 g/mol. The van der Waals surface area contributed by atoms with E-state index in [-0.39, 0.29) is 34.2 Å². The first-order chi connectivity index (χ1) is 33.2. The number of carbonyl (C=O) groups is 4. The molecule has 4 unspecified atom stereocenters. The first-order valence-electron chi connectivity index (χ1n) is 27.0. The monoisotopic (exact) mass is 949 g/mol. The van der Waals surface area contributed by atoms with Gasteiger partial charge in [-0.25, -0.2) is 4.79 Å². The SMILES string of the molecule is CCOC(=O)C(C#N)=C1C[C@H]2CC[C@H]2C1.CCOC(=O)CC1(C#N)C[C@H]2CC[C@H]2C1.CCOC(=O)CC1(CN)C[C@H]2CC[C@H]2C1.N#CCC1(C#N)C[C@H]2CC[C@H]2C1.O=C1CC2(CN1)C[C@H]1CC[C@H]1C2. The van der Waals surface area contributed by atoms with Gasteiger partial charge in [0.15, 0.2) is 0 Å². The summed E-state index contributed by atoms with van der Waals surface area (Å²) in [5, 5.41) is 38.8. The lowest BCUT2D eigenvalue weighted by Crippen LogP contribution is -2.31. The van der Waals surface area contributed by atoms with Crippen molar-refractivity contribution in [1.82, 2.24) is 5.32 Å². The minimum Gasteiger partial charge on any atom is -0.466 e. The highest BCUT2D eigenvalue weighted by molar-refractivity contribution is 5.93. The maximum atomic E-state index is 11.5. The van der Waals surface area contributed by atoms with Crippen LogP contribution in [0.5, 0.6) is 0 Å². The number of hydrogen-bond donors (Lipinski definition) is 2. The number of amides is 1.